The van der Waals surface area contributed by atoms with Crippen LogP contribution < -0.4 is 15.8 Å². The predicted molar refractivity (Wildman–Crippen MR) is 102 cm³/mol. The van der Waals surface area contributed by atoms with Crippen LogP contribution in [0, 0.1) is 10.1 Å². The number of nitrogens with zero attached hydrogens (tertiary/aromatic N) is 1. The molecule has 154 valence electrons. The third-order valence-corrected chi connectivity index (χ3v) is 4.84. The molecular weight excluding hydrogens is 408 g/mol. The van der Waals surface area contributed by atoms with Crippen molar-refractivity contribution in [3.8, 4) is 5.75 Å². The first-order valence-electron chi connectivity index (χ1n) is 8.23. The molecule has 29 heavy (non-hydrogen) atoms. The van der Waals surface area contributed by atoms with Gasteiger partial charge in [-0.25, -0.2) is 0 Å². The van der Waals surface area contributed by atoms with E-state index < -0.39 is 29.4 Å². The number of nitrogens with two attached hydrogens (primary N) is 1. The number of hydrogen-bond acceptors (Lipinski definition) is 6. The number of hydrogen-bond donors (Lipinski definition) is 2. The van der Waals surface area contributed by atoms with Gasteiger partial charge in [0.25, 0.3) is 5.69 Å². The fourth-order valence-corrected chi connectivity index (χ4v) is 3.30. The van der Waals surface area contributed by atoms with Crippen molar-refractivity contribution in [1.29, 1.82) is 0 Å². The Morgan fingerprint density at radius 2 is 1.97 bits per heavy atom. The molecule has 8 nitrogen and oxygen atoms in total. The number of carbonyl (C=O) groups is 2. The molecule has 0 saturated carbocycles. The number of nitrogens with one attached hydrogen (secondary N) is 1. The summed E-state index contributed by atoms with van der Waals surface area (Å²) < 4.78 is 29.5. The first kappa shape index (κ1) is 22.1. The first-order valence-corrected chi connectivity index (χ1v) is 9.21. The number of para-hydroxylation sites is 1. The molecule has 0 aliphatic rings. The Kier molecular flexibility index (Phi) is 7.48. The molecular formula is C18H17F2N3O5S. The van der Waals surface area contributed by atoms with E-state index in [1.165, 1.54) is 24.3 Å². The molecule has 2 aromatic carbocycles. The summed E-state index contributed by atoms with van der Waals surface area (Å²) in [5.74, 6) is -1.50. The van der Waals surface area contributed by atoms with Gasteiger partial charge in [-0.15, -0.1) is 11.8 Å². The molecule has 1 atom stereocenters. The maximum Gasteiger partial charge on any atom is 0.387 e. The van der Waals surface area contributed by atoms with E-state index in [4.69, 9.17) is 5.73 Å². The van der Waals surface area contributed by atoms with Crippen LogP contribution in [0.4, 0.5) is 14.5 Å². The molecule has 0 heterocycles. The second-order valence-electron chi connectivity index (χ2n) is 5.80. The van der Waals surface area contributed by atoms with E-state index in [9.17, 15) is 28.5 Å². The monoisotopic (exact) mass is 425 g/mol. The lowest BCUT2D eigenvalue weighted by atomic mass is 10.1. The molecule has 0 bridgehead atoms. The van der Waals surface area contributed by atoms with E-state index in [1.807, 2.05) is 0 Å². The number of alkyl halides is 2. The van der Waals surface area contributed by atoms with Gasteiger partial charge in [-0.2, -0.15) is 8.78 Å². The molecule has 3 N–H and O–H groups in total. The van der Waals surface area contributed by atoms with Crippen LogP contribution in [0.2, 0.25) is 0 Å². The molecule has 0 spiro atoms. The Morgan fingerprint density at radius 1 is 1.28 bits per heavy atom. The second-order valence-corrected chi connectivity index (χ2v) is 6.82. The SMILES string of the molecule is C[C@H](NC(=O)CSc1ccc(C(N)=O)cc1[N+](=O)[O-])c1ccccc1OC(F)F. The number of nitro benzene ring substituents is 1. The minimum Gasteiger partial charge on any atom is -0.434 e. The summed E-state index contributed by atoms with van der Waals surface area (Å²) in [6, 6.07) is 9.14. The third kappa shape index (κ3) is 6.14. The summed E-state index contributed by atoms with van der Waals surface area (Å²) in [6.07, 6.45) is 0. The molecule has 0 radical (unpaired) electrons. The lowest BCUT2D eigenvalue weighted by Crippen LogP contribution is -2.28. The van der Waals surface area contributed by atoms with Crippen molar-refractivity contribution in [2.45, 2.75) is 24.5 Å². The van der Waals surface area contributed by atoms with E-state index in [-0.39, 0.29) is 27.6 Å². The number of nitro groups is 1. The molecule has 0 fully saturated rings. The van der Waals surface area contributed by atoms with Gasteiger partial charge in [0.2, 0.25) is 11.8 Å². The fraction of sp³-hybridized carbons (Fsp3) is 0.222. The highest BCUT2D eigenvalue weighted by atomic mass is 32.2. The van der Waals surface area contributed by atoms with Crippen LogP contribution in [0.3, 0.4) is 0 Å². The van der Waals surface area contributed by atoms with E-state index in [2.05, 4.69) is 10.1 Å². The highest BCUT2D eigenvalue weighted by molar-refractivity contribution is 8.00. The van der Waals surface area contributed by atoms with Gasteiger partial charge in [0.1, 0.15) is 5.75 Å². The van der Waals surface area contributed by atoms with Crippen LogP contribution in [0.15, 0.2) is 47.4 Å². The van der Waals surface area contributed by atoms with Gasteiger partial charge in [-0.1, -0.05) is 18.2 Å². The number of amides is 2. The van der Waals surface area contributed by atoms with Crippen LogP contribution in [0.1, 0.15) is 28.9 Å². The van der Waals surface area contributed by atoms with Crippen LogP contribution in [-0.2, 0) is 4.79 Å². The molecule has 2 rings (SSSR count). The maximum absolute atomic E-state index is 12.5. The average Bonchev–Trinajstić information content (AvgIpc) is 2.65. The number of halogens is 2. The number of thioether (sulfide) groups is 1. The van der Waals surface area contributed by atoms with Crippen molar-refractivity contribution in [2.75, 3.05) is 5.75 Å². The van der Waals surface area contributed by atoms with E-state index in [0.29, 0.717) is 5.56 Å². The minimum atomic E-state index is -3.00. The highest BCUT2D eigenvalue weighted by Gasteiger charge is 2.20. The summed E-state index contributed by atoms with van der Waals surface area (Å²) in [5.41, 5.74) is 5.12. The van der Waals surface area contributed by atoms with Gasteiger partial charge in [-0.3, -0.25) is 19.7 Å². The highest BCUT2D eigenvalue weighted by Crippen LogP contribution is 2.30. The number of rotatable bonds is 9. The normalized spacial score (nSPS) is 11.7. The topological polar surface area (TPSA) is 125 Å². The van der Waals surface area contributed by atoms with Crippen molar-refractivity contribution in [2.24, 2.45) is 5.73 Å². The Hall–Kier alpha value is -3.21. The summed E-state index contributed by atoms with van der Waals surface area (Å²) in [6.45, 7) is -1.40. The van der Waals surface area contributed by atoms with Gasteiger partial charge in [-0.05, 0) is 25.1 Å². The Labute approximate surface area is 168 Å². The fourth-order valence-electron chi connectivity index (χ4n) is 2.48. The first-order chi connectivity index (χ1) is 13.7. The van der Waals surface area contributed by atoms with Crippen molar-refractivity contribution in [3.63, 3.8) is 0 Å². The van der Waals surface area contributed by atoms with E-state index in [0.717, 1.165) is 17.8 Å². The second kappa shape index (κ2) is 9.82. The molecule has 0 saturated heterocycles. The molecule has 11 heteroatoms. The molecule has 0 aliphatic heterocycles. The summed E-state index contributed by atoms with van der Waals surface area (Å²) in [5, 5.41) is 13.8. The van der Waals surface area contributed by atoms with Gasteiger partial charge in [0.15, 0.2) is 0 Å². The van der Waals surface area contributed by atoms with Crippen LogP contribution >= 0.6 is 11.8 Å². The number of ether oxygens (including phenoxy) is 1. The molecule has 2 aromatic rings. The summed E-state index contributed by atoms with van der Waals surface area (Å²) >= 11 is 0.899. The Bertz CT molecular complexity index is 926. The quantitative estimate of drug-likeness (QED) is 0.361. The maximum atomic E-state index is 12.5. The smallest absolute Gasteiger partial charge is 0.387 e. The summed E-state index contributed by atoms with van der Waals surface area (Å²) in [4.78, 5) is 34.1. The zero-order valence-electron chi connectivity index (χ0n) is 15.1. The lowest BCUT2D eigenvalue weighted by Gasteiger charge is -2.18. The molecule has 0 unspecified atom stereocenters. The largest absolute Gasteiger partial charge is 0.434 e. The minimum absolute atomic E-state index is 0.0187. The summed E-state index contributed by atoms with van der Waals surface area (Å²) in [7, 11) is 0. The standard InChI is InChI=1S/C18H17F2N3O5S/c1-10(12-4-2-3-5-14(12)28-18(19)20)22-16(24)9-29-15-7-6-11(17(21)25)8-13(15)23(26)27/h2-8,10,18H,9H2,1H3,(H2,21,25)(H,22,24)/t10-/m0/s1. The number of benzene rings is 2. The van der Waals surface area contributed by atoms with Crippen LogP contribution in [-0.4, -0.2) is 29.1 Å². The lowest BCUT2D eigenvalue weighted by molar-refractivity contribution is -0.387. The zero-order chi connectivity index (χ0) is 21.6. The number of carbonyl (C=O) groups excluding carboxylic acids is 2. The van der Waals surface area contributed by atoms with E-state index in [1.54, 1.807) is 19.1 Å². The van der Waals surface area contributed by atoms with Gasteiger partial charge in [0.05, 0.1) is 21.6 Å². The van der Waals surface area contributed by atoms with Crippen LogP contribution in [0.25, 0.3) is 0 Å². The van der Waals surface area contributed by atoms with Gasteiger partial charge < -0.3 is 15.8 Å². The van der Waals surface area contributed by atoms with Crippen molar-refractivity contribution in [3.05, 3.63) is 63.7 Å². The van der Waals surface area contributed by atoms with Gasteiger partial charge >= 0.3 is 6.61 Å². The number of primary amides is 1. The van der Waals surface area contributed by atoms with Crippen molar-refractivity contribution in [1.82, 2.24) is 5.32 Å². The predicted octanol–water partition coefficient (Wildman–Crippen LogP) is 3.26. The van der Waals surface area contributed by atoms with E-state index >= 15 is 0 Å². The zero-order valence-corrected chi connectivity index (χ0v) is 15.9. The Morgan fingerprint density at radius 3 is 2.59 bits per heavy atom. The molecule has 2 amide bonds. The van der Waals surface area contributed by atoms with Gasteiger partial charge in [0, 0.05) is 17.2 Å². The van der Waals surface area contributed by atoms with Crippen molar-refractivity contribution >= 4 is 29.3 Å². The van der Waals surface area contributed by atoms with Crippen LogP contribution in [0.5, 0.6) is 5.75 Å². The average molecular weight is 425 g/mol. The Balaban J connectivity index is 2.05. The van der Waals surface area contributed by atoms with Crippen molar-refractivity contribution < 1.29 is 28.0 Å². The molecule has 0 aromatic heterocycles. The third-order valence-electron chi connectivity index (χ3n) is 3.78. The molecule has 0 aliphatic carbocycles.